The Labute approximate surface area is 221 Å². The minimum atomic E-state index is -0.602. The van der Waals surface area contributed by atoms with Crippen LogP contribution in [0.1, 0.15) is 182 Å². The third-order valence-corrected chi connectivity index (χ3v) is 7.35. The standard InChI is InChI=1S/C20H42O.C12H24O2/c1-3-5-7-9-11-12-14-16-18-20(19-21)17-15-13-10-8-6-4-2;1-3-5-7-8-10-11(12(13)14)9-6-4-2/h20-21H,3-19H2,1-2H3;11H,3-10H2,1-2H3,(H,13,14). The minimum Gasteiger partial charge on any atom is -0.481 e. The van der Waals surface area contributed by atoms with Crippen LogP contribution in [0, 0.1) is 11.8 Å². The molecule has 2 unspecified atom stereocenters. The van der Waals surface area contributed by atoms with E-state index >= 15 is 0 Å². The molecule has 0 heterocycles. The number of carboxylic acid groups (broad SMARTS) is 1. The predicted molar refractivity (Wildman–Crippen MR) is 155 cm³/mol. The number of rotatable bonds is 26. The number of carbonyl (C=O) groups is 1. The SMILES string of the molecule is CCCCCCC(CCCC)C(=O)O.CCCCCCCCCCC(CO)CCCCCCCC. The first kappa shape index (κ1) is 36.6. The van der Waals surface area contributed by atoms with Crippen molar-refractivity contribution in [3.05, 3.63) is 0 Å². The highest BCUT2D eigenvalue weighted by Crippen LogP contribution is 2.19. The maximum atomic E-state index is 10.9. The van der Waals surface area contributed by atoms with Crippen LogP contribution in [0.25, 0.3) is 0 Å². The molecule has 0 rings (SSSR count). The van der Waals surface area contributed by atoms with Gasteiger partial charge in [-0.2, -0.15) is 0 Å². The molecule has 0 fully saturated rings. The first-order valence-corrected chi connectivity index (χ1v) is 15.9. The molecule has 2 atom stereocenters. The predicted octanol–water partition coefficient (Wildman–Crippen LogP) is 10.7. The maximum Gasteiger partial charge on any atom is 0.306 e. The number of carboxylic acids is 1. The Morgan fingerprint density at radius 1 is 0.486 bits per heavy atom. The summed E-state index contributed by atoms with van der Waals surface area (Å²) in [7, 11) is 0. The van der Waals surface area contributed by atoms with Gasteiger partial charge in [0, 0.05) is 6.61 Å². The molecule has 0 saturated heterocycles. The summed E-state index contributed by atoms with van der Waals surface area (Å²) in [6, 6.07) is 0. The molecule has 0 aliphatic carbocycles. The normalized spacial score (nSPS) is 12.7. The number of unbranched alkanes of at least 4 members (excludes halogenated alkanes) is 16. The second kappa shape index (κ2) is 31.5. The summed E-state index contributed by atoms with van der Waals surface area (Å²) < 4.78 is 0. The average molecular weight is 499 g/mol. The van der Waals surface area contributed by atoms with Crippen molar-refractivity contribution in [2.45, 2.75) is 182 Å². The third-order valence-electron chi connectivity index (χ3n) is 7.35. The molecule has 0 bridgehead atoms. The summed E-state index contributed by atoms with van der Waals surface area (Å²) in [6.07, 6.45) is 30.4. The second-order valence-electron chi connectivity index (χ2n) is 10.9. The topological polar surface area (TPSA) is 57.5 Å². The van der Waals surface area contributed by atoms with Crippen molar-refractivity contribution in [2.75, 3.05) is 6.61 Å². The summed E-state index contributed by atoms with van der Waals surface area (Å²) in [5.74, 6) is -0.113. The summed E-state index contributed by atoms with van der Waals surface area (Å²) in [5, 5.41) is 18.4. The molecule has 0 aromatic rings. The Bertz CT molecular complexity index is 396. The van der Waals surface area contributed by atoms with E-state index in [1.54, 1.807) is 0 Å². The van der Waals surface area contributed by atoms with E-state index < -0.39 is 5.97 Å². The Hall–Kier alpha value is -0.570. The van der Waals surface area contributed by atoms with Gasteiger partial charge >= 0.3 is 5.97 Å². The summed E-state index contributed by atoms with van der Waals surface area (Å²) in [4.78, 5) is 10.9. The Morgan fingerprint density at radius 2 is 0.800 bits per heavy atom. The fourth-order valence-electron chi connectivity index (χ4n) is 4.77. The van der Waals surface area contributed by atoms with Crippen LogP contribution in [-0.2, 0) is 4.79 Å². The lowest BCUT2D eigenvalue weighted by molar-refractivity contribution is -0.142. The van der Waals surface area contributed by atoms with Crippen LogP contribution in [0.5, 0.6) is 0 Å². The molecule has 3 heteroatoms. The number of aliphatic carboxylic acids is 1. The zero-order valence-electron chi connectivity index (χ0n) is 24.6. The molecular weight excluding hydrogens is 432 g/mol. The molecule has 3 nitrogen and oxygen atoms in total. The fraction of sp³-hybridized carbons (Fsp3) is 0.969. The highest BCUT2D eigenvalue weighted by Gasteiger charge is 2.15. The summed E-state index contributed by atoms with van der Waals surface area (Å²) >= 11 is 0. The molecule has 212 valence electrons. The van der Waals surface area contributed by atoms with E-state index in [0.717, 1.165) is 32.1 Å². The first-order chi connectivity index (χ1) is 17.1. The Morgan fingerprint density at radius 3 is 1.17 bits per heavy atom. The third kappa shape index (κ3) is 29.5. The van der Waals surface area contributed by atoms with E-state index in [1.165, 1.54) is 122 Å². The van der Waals surface area contributed by atoms with Crippen LogP contribution in [0.4, 0.5) is 0 Å². The van der Waals surface area contributed by atoms with Gasteiger partial charge in [0.05, 0.1) is 5.92 Å². The van der Waals surface area contributed by atoms with Crippen molar-refractivity contribution in [3.63, 3.8) is 0 Å². The van der Waals surface area contributed by atoms with Crippen molar-refractivity contribution in [1.29, 1.82) is 0 Å². The van der Waals surface area contributed by atoms with Crippen molar-refractivity contribution in [2.24, 2.45) is 11.8 Å². The van der Waals surface area contributed by atoms with E-state index in [1.807, 2.05) is 0 Å². The molecule has 0 aromatic heterocycles. The smallest absolute Gasteiger partial charge is 0.306 e. The van der Waals surface area contributed by atoms with Gasteiger partial charge < -0.3 is 10.2 Å². The molecular formula is C32H66O3. The number of hydrogen-bond acceptors (Lipinski definition) is 2. The molecule has 2 N–H and O–H groups in total. The molecule has 0 aliphatic rings. The van der Waals surface area contributed by atoms with Crippen LogP contribution >= 0.6 is 0 Å². The zero-order chi connectivity index (χ0) is 26.4. The molecule has 0 radical (unpaired) electrons. The van der Waals surface area contributed by atoms with Gasteiger partial charge in [-0.1, -0.05) is 156 Å². The van der Waals surface area contributed by atoms with Crippen molar-refractivity contribution in [1.82, 2.24) is 0 Å². The number of aliphatic hydroxyl groups excluding tert-OH is 1. The molecule has 0 aliphatic heterocycles. The monoisotopic (exact) mass is 499 g/mol. The molecule has 0 spiro atoms. The van der Waals surface area contributed by atoms with Gasteiger partial charge in [0.1, 0.15) is 0 Å². The van der Waals surface area contributed by atoms with Crippen molar-refractivity contribution in [3.8, 4) is 0 Å². The summed E-state index contributed by atoms with van der Waals surface area (Å²) in [6.45, 7) is 9.23. The minimum absolute atomic E-state index is 0.0909. The van der Waals surface area contributed by atoms with Gasteiger partial charge in [0.15, 0.2) is 0 Å². The summed E-state index contributed by atoms with van der Waals surface area (Å²) in [5.41, 5.74) is 0. The molecule has 0 saturated carbocycles. The van der Waals surface area contributed by atoms with E-state index in [0.29, 0.717) is 12.5 Å². The van der Waals surface area contributed by atoms with Crippen molar-refractivity contribution >= 4 is 5.97 Å². The van der Waals surface area contributed by atoms with Gasteiger partial charge in [-0.05, 0) is 31.6 Å². The van der Waals surface area contributed by atoms with E-state index in [-0.39, 0.29) is 5.92 Å². The lowest BCUT2D eigenvalue weighted by Crippen LogP contribution is -2.13. The number of hydrogen-bond donors (Lipinski definition) is 2. The molecule has 35 heavy (non-hydrogen) atoms. The highest BCUT2D eigenvalue weighted by molar-refractivity contribution is 5.69. The Kier molecular flexibility index (Phi) is 32.9. The van der Waals surface area contributed by atoms with Crippen LogP contribution in [-0.4, -0.2) is 22.8 Å². The van der Waals surface area contributed by atoms with Gasteiger partial charge in [0.25, 0.3) is 0 Å². The van der Waals surface area contributed by atoms with Gasteiger partial charge in [-0.15, -0.1) is 0 Å². The Balaban J connectivity index is 0. The zero-order valence-corrected chi connectivity index (χ0v) is 24.6. The maximum absolute atomic E-state index is 10.9. The van der Waals surface area contributed by atoms with E-state index in [2.05, 4.69) is 27.7 Å². The van der Waals surface area contributed by atoms with E-state index in [9.17, 15) is 9.90 Å². The number of aliphatic hydroxyl groups is 1. The van der Waals surface area contributed by atoms with Crippen LogP contribution in [0.3, 0.4) is 0 Å². The highest BCUT2D eigenvalue weighted by atomic mass is 16.4. The van der Waals surface area contributed by atoms with E-state index in [4.69, 9.17) is 5.11 Å². The van der Waals surface area contributed by atoms with Crippen LogP contribution in [0.2, 0.25) is 0 Å². The largest absolute Gasteiger partial charge is 0.481 e. The lowest BCUT2D eigenvalue weighted by Gasteiger charge is -2.13. The average Bonchev–Trinajstić information content (AvgIpc) is 2.86. The van der Waals surface area contributed by atoms with Crippen LogP contribution < -0.4 is 0 Å². The van der Waals surface area contributed by atoms with Crippen molar-refractivity contribution < 1.29 is 15.0 Å². The first-order valence-electron chi connectivity index (χ1n) is 15.9. The van der Waals surface area contributed by atoms with Gasteiger partial charge in [-0.25, -0.2) is 0 Å². The second-order valence-corrected chi connectivity index (χ2v) is 10.9. The van der Waals surface area contributed by atoms with Gasteiger partial charge in [0.2, 0.25) is 0 Å². The quantitative estimate of drug-likeness (QED) is 0.117. The van der Waals surface area contributed by atoms with Crippen LogP contribution in [0.15, 0.2) is 0 Å². The van der Waals surface area contributed by atoms with Gasteiger partial charge in [-0.3, -0.25) is 4.79 Å². The molecule has 0 aromatic carbocycles. The lowest BCUT2D eigenvalue weighted by atomic mass is 9.95. The fourth-order valence-corrected chi connectivity index (χ4v) is 4.77. The molecule has 0 amide bonds.